The van der Waals surface area contributed by atoms with Crippen molar-refractivity contribution in [2.45, 2.75) is 13.1 Å². The highest BCUT2D eigenvalue weighted by molar-refractivity contribution is 6.42. The summed E-state index contributed by atoms with van der Waals surface area (Å²) < 4.78 is 2.01. The molecule has 110 valence electrons. The Balaban J connectivity index is 2.18. The van der Waals surface area contributed by atoms with E-state index in [-0.39, 0.29) is 0 Å². The van der Waals surface area contributed by atoms with Gasteiger partial charge in [0, 0.05) is 29.9 Å². The largest absolute Gasteiger partial charge is 0.399 e. The van der Waals surface area contributed by atoms with Crippen molar-refractivity contribution in [2.75, 3.05) is 13.6 Å². The van der Waals surface area contributed by atoms with Gasteiger partial charge in [0.2, 0.25) is 0 Å². The van der Waals surface area contributed by atoms with Crippen LogP contribution in [-0.4, -0.2) is 28.3 Å². The molecule has 2 N–H and O–H groups in total. The molecule has 0 aliphatic carbocycles. The zero-order chi connectivity index (χ0) is 15.1. The van der Waals surface area contributed by atoms with E-state index in [0.29, 0.717) is 15.7 Å². The molecule has 1 aliphatic heterocycles. The smallest absolute Gasteiger partial charge is 0.102 e. The van der Waals surface area contributed by atoms with Crippen molar-refractivity contribution in [1.29, 1.82) is 0 Å². The number of fused-ring (bicyclic) bond motifs is 1. The Kier molecular flexibility index (Phi) is 3.69. The fourth-order valence-corrected chi connectivity index (χ4v) is 2.92. The van der Waals surface area contributed by atoms with Crippen LogP contribution in [0.1, 0.15) is 11.3 Å². The van der Waals surface area contributed by atoms with Crippen LogP contribution in [-0.2, 0) is 13.1 Å². The van der Waals surface area contributed by atoms with E-state index in [1.807, 2.05) is 16.8 Å². The first kappa shape index (κ1) is 14.4. The molecular weight excluding hydrogens is 307 g/mol. The average molecular weight is 323 g/mol. The molecule has 2 aromatic rings. The van der Waals surface area contributed by atoms with E-state index in [1.54, 1.807) is 6.07 Å². The van der Waals surface area contributed by atoms with Crippen LogP contribution in [0.2, 0.25) is 10.0 Å². The molecule has 1 aliphatic rings. The monoisotopic (exact) mass is 322 g/mol. The molecule has 2 heterocycles. The standard InChI is InChI=1S/C15H16Cl2N4/c1-9(18)14-13-8-20(2)5-6-21(13)19-15(14)10-3-4-11(16)12(17)7-10/h3-4,7H,1,5-6,8,18H2,2H3. The fourth-order valence-electron chi connectivity index (χ4n) is 2.63. The quantitative estimate of drug-likeness (QED) is 0.923. The molecule has 0 spiro atoms. The molecular formula is C15H16Cl2N4. The first-order valence-electron chi connectivity index (χ1n) is 6.65. The fraction of sp³-hybridized carbons (Fsp3) is 0.267. The molecule has 0 saturated heterocycles. The molecule has 6 heteroatoms. The summed E-state index contributed by atoms with van der Waals surface area (Å²) in [5.74, 6) is 0. The Morgan fingerprint density at radius 2 is 2.05 bits per heavy atom. The molecule has 0 bridgehead atoms. The van der Waals surface area contributed by atoms with Crippen LogP contribution in [0.4, 0.5) is 0 Å². The zero-order valence-corrected chi connectivity index (χ0v) is 13.2. The van der Waals surface area contributed by atoms with Gasteiger partial charge in [-0.3, -0.25) is 9.58 Å². The van der Waals surface area contributed by atoms with E-state index in [9.17, 15) is 0 Å². The van der Waals surface area contributed by atoms with Gasteiger partial charge in [0.25, 0.3) is 0 Å². The highest BCUT2D eigenvalue weighted by Gasteiger charge is 2.24. The van der Waals surface area contributed by atoms with Crippen molar-refractivity contribution in [3.8, 4) is 11.3 Å². The van der Waals surface area contributed by atoms with Crippen molar-refractivity contribution in [1.82, 2.24) is 14.7 Å². The number of hydrogen-bond donors (Lipinski definition) is 1. The van der Waals surface area contributed by atoms with E-state index in [0.717, 1.165) is 42.1 Å². The van der Waals surface area contributed by atoms with Crippen LogP contribution in [0, 0.1) is 0 Å². The topological polar surface area (TPSA) is 47.1 Å². The van der Waals surface area contributed by atoms with Crippen LogP contribution >= 0.6 is 23.2 Å². The van der Waals surface area contributed by atoms with Crippen molar-refractivity contribution < 1.29 is 0 Å². The number of aromatic nitrogens is 2. The van der Waals surface area contributed by atoms with E-state index >= 15 is 0 Å². The van der Waals surface area contributed by atoms with Crippen LogP contribution in [0.25, 0.3) is 17.0 Å². The van der Waals surface area contributed by atoms with Crippen molar-refractivity contribution in [3.05, 3.63) is 46.1 Å². The van der Waals surface area contributed by atoms with Crippen molar-refractivity contribution in [2.24, 2.45) is 5.73 Å². The summed E-state index contributed by atoms with van der Waals surface area (Å²) in [6, 6.07) is 5.49. The molecule has 1 aromatic carbocycles. The number of benzene rings is 1. The summed E-state index contributed by atoms with van der Waals surface area (Å²) in [6.45, 7) is 6.51. The predicted octanol–water partition coefficient (Wildman–Crippen LogP) is 3.23. The van der Waals surface area contributed by atoms with Gasteiger partial charge < -0.3 is 5.73 Å². The highest BCUT2D eigenvalue weighted by Crippen LogP contribution is 2.34. The van der Waals surface area contributed by atoms with Gasteiger partial charge in [-0.25, -0.2) is 0 Å². The summed E-state index contributed by atoms with van der Waals surface area (Å²) >= 11 is 12.1. The van der Waals surface area contributed by atoms with Gasteiger partial charge in [-0.1, -0.05) is 35.8 Å². The summed E-state index contributed by atoms with van der Waals surface area (Å²) in [5, 5.41) is 5.73. The summed E-state index contributed by atoms with van der Waals surface area (Å²) in [6.07, 6.45) is 0. The van der Waals surface area contributed by atoms with Crippen LogP contribution in [0.15, 0.2) is 24.8 Å². The number of hydrogen-bond acceptors (Lipinski definition) is 3. The van der Waals surface area contributed by atoms with Gasteiger partial charge in [0.15, 0.2) is 0 Å². The van der Waals surface area contributed by atoms with Gasteiger partial charge in [-0.2, -0.15) is 5.10 Å². The molecule has 0 unspecified atom stereocenters. The van der Waals surface area contributed by atoms with E-state index in [1.165, 1.54) is 0 Å². The number of nitrogens with zero attached hydrogens (tertiary/aromatic N) is 3. The third-order valence-electron chi connectivity index (χ3n) is 3.69. The van der Waals surface area contributed by atoms with Crippen molar-refractivity contribution in [3.63, 3.8) is 0 Å². The lowest BCUT2D eigenvalue weighted by atomic mass is 10.0. The molecule has 0 atom stereocenters. The maximum absolute atomic E-state index is 6.12. The number of likely N-dealkylation sites (N-methyl/N-ethyl adjacent to an activating group) is 1. The third-order valence-corrected chi connectivity index (χ3v) is 4.42. The van der Waals surface area contributed by atoms with E-state index in [4.69, 9.17) is 34.0 Å². The normalized spacial score (nSPS) is 15.0. The Labute approximate surface area is 133 Å². The SMILES string of the molecule is C=C(N)c1c(-c2ccc(Cl)c(Cl)c2)nn2c1CN(C)CC2. The number of nitrogens with two attached hydrogens (primary N) is 1. The minimum absolute atomic E-state index is 0.505. The van der Waals surface area contributed by atoms with Gasteiger partial charge in [-0.05, 0) is 19.2 Å². The number of rotatable bonds is 2. The third kappa shape index (κ3) is 2.55. The number of halogens is 2. The molecule has 3 rings (SSSR count). The Hall–Kier alpha value is -1.49. The molecule has 21 heavy (non-hydrogen) atoms. The van der Waals surface area contributed by atoms with Crippen LogP contribution in [0.5, 0.6) is 0 Å². The summed E-state index contributed by atoms with van der Waals surface area (Å²) in [5.41, 5.74) is 10.2. The second-order valence-electron chi connectivity index (χ2n) is 5.29. The molecule has 0 radical (unpaired) electrons. The average Bonchev–Trinajstić information content (AvgIpc) is 2.80. The Morgan fingerprint density at radius 1 is 1.29 bits per heavy atom. The molecule has 0 saturated carbocycles. The Bertz CT molecular complexity index is 721. The van der Waals surface area contributed by atoms with Crippen molar-refractivity contribution >= 4 is 28.9 Å². The lowest BCUT2D eigenvalue weighted by molar-refractivity contribution is 0.258. The lowest BCUT2D eigenvalue weighted by Gasteiger charge is -2.24. The molecule has 1 aromatic heterocycles. The van der Waals surface area contributed by atoms with E-state index in [2.05, 4.69) is 18.5 Å². The highest BCUT2D eigenvalue weighted by atomic mass is 35.5. The molecule has 4 nitrogen and oxygen atoms in total. The van der Waals surface area contributed by atoms with E-state index < -0.39 is 0 Å². The molecule has 0 amide bonds. The maximum Gasteiger partial charge on any atom is 0.102 e. The van der Waals surface area contributed by atoms with Gasteiger partial charge in [0.05, 0.1) is 22.3 Å². The maximum atomic E-state index is 6.12. The first-order chi connectivity index (χ1) is 9.97. The zero-order valence-electron chi connectivity index (χ0n) is 11.7. The minimum atomic E-state index is 0.505. The van der Waals surface area contributed by atoms with Gasteiger partial charge in [0.1, 0.15) is 5.69 Å². The minimum Gasteiger partial charge on any atom is -0.399 e. The summed E-state index contributed by atoms with van der Waals surface area (Å²) in [4.78, 5) is 2.24. The van der Waals surface area contributed by atoms with Gasteiger partial charge >= 0.3 is 0 Å². The Morgan fingerprint density at radius 3 is 2.71 bits per heavy atom. The second-order valence-corrected chi connectivity index (χ2v) is 6.10. The summed E-state index contributed by atoms with van der Waals surface area (Å²) in [7, 11) is 2.08. The molecule has 0 fully saturated rings. The lowest BCUT2D eigenvalue weighted by Crippen LogP contribution is -2.31. The van der Waals surface area contributed by atoms with Crippen LogP contribution in [0.3, 0.4) is 0 Å². The predicted molar refractivity (Wildman–Crippen MR) is 87.2 cm³/mol. The van der Waals surface area contributed by atoms with Crippen LogP contribution < -0.4 is 5.73 Å². The first-order valence-corrected chi connectivity index (χ1v) is 7.41. The van der Waals surface area contributed by atoms with Gasteiger partial charge in [-0.15, -0.1) is 0 Å². The second kappa shape index (κ2) is 5.37.